The molecule has 1 aromatic carbocycles. The topological polar surface area (TPSA) is 130 Å². The number of aliphatic carboxylic acids is 1. The fraction of sp³-hybridized carbons (Fsp3) is 0.500. The summed E-state index contributed by atoms with van der Waals surface area (Å²) < 4.78 is 52.2. The van der Waals surface area contributed by atoms with Gasteiger partial charge in [0.15, 0.2) is 5.13 Å². The highest BCUT2D eigenvalue weighted by Gasteiger charge is 2.35. The van der Waals surface area contributed by atoms with Crippen molar-refractivity contribution in [1.82, 2.24) is 19.9 Å². The highest BCUT2D eigenvalue weighted by molar-refractivity contribution is 7.16. The summed E-state index contributed by atoms with van der Waals surface area (Å²) >= 11 is 1.20. The van der Waals surface area contributed by atoms with Crippen LogP contribution in [-0.2, 0) is 22.3 Å². The Morgan fingerprint density at radius 2 is 1.91 bits per heavy atom. The lowest BCUT2D eigenvalue weighted by molar-refractivity contribution is -0.142. The molecule has 2 fully saturated rings. The maximum Gasteiger partial charge on any atom is 0.419 e. The van der Waals surface area contributed by atoms with Crippen LogP contribution in [0.5, 0.6) is 5.75 Å². The fourth-order valence-corrected chi connectivity index (χ4v) is 6.67. The van der Waals surface area contributed by atoms with Crippen LogP contribution in [0.1, 0.15) is 53.5 Å². The maximum absolute atomic E-state index is 13.9. The second-order valence-corrected chi connectivity index (χ2v) is 12.0. The summed E-state index contributed by atoms with van der Waals surface area (Å²) in [5.74, 6) is -1.50. The summed E-state index contributed by atoms with van der Waals surface area (Å²) in [7, 11) is 1.19. The summed E-state index contributed by atoms with van der Waals surface area (Å²) in [5.41, 5.74) is -0.273. The van der Waals surface area contributed by atoms with E-state index in [0.717, 1.165) is 25.5 Å². The number of piperidine rings is 1. The number of nitrogens with one attached hydrogen (secondary N) is 1. The first-order valence-corrected chi connectivity index (χ1v) is 15.6. The lowest BCUT2D eigenvalue weighted by atomic mass is 9.97. The molecule has 0 bridgehead atoms. The van der Waals surface area contributed by atoms with Crippen LogP contribution >= 0.6 is 11.3 Å². The van der Waals surface area contributed by atoms with Crippen LogP contribution in [0.25, 0.3) is 11.3 Å². The number of halogens is 3. The van der Waals surface area contributed by atoms with E-state index in [1.54, 1.807) is 0 Å². The summed E-state index contributed by atoms with van der Waals surface area (Å²) in [5, 5.41) is 12.2. The number of benzene rings is 1. The molecule has 11 nitrogen and oxygen atoms in total. The van der Waals surface area contributed by atoms with E-state index in [1.165, 1.54) is 43.0 Å². The normalized spacial score (nSPS) is 17.9. The molecule has 0 unspecified atom stereocenters. The zero-order valence-electron chi connectivity index (χ0n) is 25.0. The average molecular weight is 649 g/mol. The molecule has 0 spiro atoms. The van der Waals surface area contributed by atoms with Gasteiger partial charge < -0.3 is 19.5 Å². The molecule has 15 heteroatoms. The first kappa shape index (κ1) is 32.6. The summed E-state index contributed by atoms with van der Waals surface area (Å²) in [6, 6.07) is 4.00. The number of carbonyl (C=O) groups excluding carboxylic acids is 1. The second kappa shape index (κ2) is 14.1. The third-order valence-electron chi connectivity index (χ3n) is 8.10. The number of carbonyl (C=O) groups is 2. The molecular weight excluding hydrogens is 613 g/mol. The van der Waals surface area contributed by atoms with Crippen molar-refractivity contribution in [2.75, 3.05) is 50.2 Å². The monoisotopic (exact) mass is 648 g/mol. The van der Waals surface area contributed by atoms with Gasteiger partial charge in [-0.2, -0.15) is 13.2 Å². The van der Waals surface area contributed by atoms with Crippen molar-refractivity contribution < 1.29 is 37.3 Å². The van der Waals surface area contributed by atoms with Gasteiger partial charge in [0.05, 0.1) is 43.3 Å². The zero-order chi connectivity index (χ0) is 32.1. The van der Waals surface area contributed by atoms with E-state index in [0.29, 0.717) is 62.1 Å². The number of anilines is 2. The Kier molecular flexibility index (Phi) is 10.2. The number of likely N-dealkylation sites (tertiary alicyclic amines) is 1. The van der Waals surface area contributed by atoms with E-state index in [4.69, 9.17) is 9.47 Å². The first-order chi connectivity index (χ1) is 21.6. The SMILES string of the molecule is CCOC[C@H]1CCCN1Cc1sc(NC(=O)c2cnc(N3CCC(C(=O)O)CC3)cn2)nc1-c1ccc(OC)c(C(F)(F)F)c1. The lowest BCUT2D eigenvalue weighted by Gasteiger charge is -2.30. The smallest absolute Gasteiger partial charge is 0.419 e. The van der Waals surface area contributed by atoms with Crippen molar-refractivity contribution in [3.63, 3.8) is 0 Å². The molecule has 1 atom stereocenters. The molecular formula is C30H35F3N6O5S. The number of rotatable bonds is 11. The standard InChI is InChI=1S/C30H35F3N6O5S/c1-3-44-17-20-5-4-10-39(20)16-24-26(19-6-7-23(43-2)21(13-19)30(31,32)33)36-29(45-24)37-27(40)22-14-35-25(15-34-22)38-11-8-18(9-12-38)28(41)42/h6-7,13-15,18,20H,3-5,8-12,16-17H2,1-2H3,(H,41,42)(H,36,37,40)/t20-/m1/s1. The van der Waals surface area contributed by atoms with Gasteiger partial charge in [-0.05, 0) is 57.4 Å². The number of thiazole rings is 1. The molecule has 3 aromatic rings. The van der Waals surface area contributed by atoms with Gasteiger partial charge in [-0.15, -0.1) is 0 Å². The Labute approximate surface area is 262 Å². The van der Waals surface area contributed by atoms with Crippen molar-refractivity contribution in [3.8, 4) is 17.0 Å². The molecule has 2 aliphatic rings. The summed E-state index contributed by atoms with van der Waals surface area (Å²) in [4.78, 5) is 42.4. The number of hydrogen-bond acceptors (Lipinski definition) is 10. The molecule has 5 rings (SSSR count). The highest BCUT2D eigenvalue weighted by Crippen LogP contribution is 2.41. The van der Waals surface area contributed by atoms with Crippen molar-refractivity contribution >= 4 is 34.2 Å². The van der Waals surface area contributed by atoms with Crippen molar-refractivity contribution in [3.05, 3.63) is 46.7 Å². The molecule has 0 aliphatic carbocycles. The molecule has 1 amide bonds. The molecule has 2 saturated heterocycles. The maximum atomic E-state index is 13.9. The number of amides is 1. The molecule has 242 valence electrons. The average Bonchev–Trinajstić information content (AvgIpc) is 3.65. The predicted octanol–water partition coefficient (Wildman–Crippen LogP) is 5.18. The number of hydrogen-bond donors (Lipinski definition) is 2. The van der Waals surface area contributed by atoms with Gasteiger partial charge in [0.25, 0.3) is 5.91 Å². The first-order valence-electron chi connectivity index (χ1n) is 14.8. The van der Waals surface area contributed by atoms with Crippen molar-refractivity contribution in [2.24, 2.45) is 5.92 Å². The van der Waals surface area contributed by atoms with Gasteiger partial charge in [0.2, 0.25) is 0 Å². The Bertz CT molecular complexity index is 1490. The van der Waals surface area contributed by atoms with Crippen molar-refractivity contribution in [2.45, 2.75) is 51.4 Å². The van der Waals surface area contributed by atoms with Crippen LogP contribution in [0.2, 0.25) is 0 Å². The van der Waals surface area contributed by atoms with Gasteiger partial charge in [-0.3, -0.25) is 19.8 Å². The number of methoxy groups -OCH3 is 1. The second-order valence-electron chi connectivity index (χ2n) is 10.9. The molecule has 0 radical (unpaired) electrons. The van der Waals surface area contributed by atoms with Gasteiger partial charge in [-0.1, -0.05) is 11.3 Å². The zero-order valence-corrected chi connectivity index (χ0v) is 25.8. The third-order valence-corrected chi connectivity index (χ3v) is 9.05. The molecule has 2 N–H and O–H groups in total. The lowest BCUT2D eigenvalue weighted by Crippen LogP contribution is -2.36. The van der Waals surface area contributed by atoms with E-state index in [9.17, 15) is 27.9 Å². The van der Waals surface area contributed by atoms with Crippen molar-refractivity contribution in [1.29, 1.82) is 0 Å². The van der Waals surface area contributed by atoms with Crippen LogP contribution in [-0.4, -0.2) is 82.8 Å². The van der Waals surface area contributed by atoms with E-state index >= 15 is 0 Å². The third kappa shape index (κ3) is 7.71. The van der Waals surface area contributed by atoms with Gasteiger partial charge in [0.1, 0.15) is 17.3 Å². The number of carboxylic acids is 1. The Morgan fingerprint density at radius 3 is 2.56 bits per heavy atom. The summed E-state index contributed by atoms with van der Waals surface area (Å²) in [6.07, 6.45) is 1.09. The molecule has 4 heterocycles. The predicted molar refractivity (Wildman–Crippen MR) is 162 cm³/mol. The van der Waals surface area contributed by atoms with E-state index in [1.807, 2.05) is 11.8 Å². The van der Waals surface area contributed by atoms with Crippen LogP contribution in [0.4, 0.5) is 24.1 Å². The van der Waals surface area contributed by atoms with E-state index in [-0.39, 0.29) is 34.1 Å². The minimum Gasteiger partial charge on any atom is -0.496 e. The fourth-order valence-electron chi connectivity index (χ4n) is 5.66. The Hall–Kier alpha value is -3.82. The molecule has 0 saturated carbocycles. The van der Waals surface area contributed by atoms with Gasteiger partial charge >= 0.3 is 12.1 Å². The van der Waals surface area contributed by atoms with Crippen LogP contribution < -0.4 is 15.0 Å². The Morgan fingerprint density at radius 1 is 1.13 bits per heavy atom. The minimum absolute atomic E-state index is 0.0394. The minimum atomic E-state index is -4.64. The summed E-state index contributed by atoms with van der Waals surface area (Å²) in [6.45, 7) is 5.35. The van der Waals surface area contributed by atoms with E-state index in [2.05, 4.69) is 25.2 Å². The quantitative estimate of drug-likeness (QED) is 0.287. The number of aromatic nitrogens is 3. The molecule has 2 aromatic heterocycles. The van der Waals surface area contributed by atoms with Gasteiger partial charge in [0, 0.05) is 42.7 Å². The van der Waals surface area contributed by atoms with Crippen LogP contribution in [0.3, 0.4) is 0 Å². The van der Waals surface area contributed by atoms with Gasteiger partial charge in [-0.25, -0.2) is 15.0 Å². The van der Waals surface area contributed by atoms with E-state index < -0.39 is 23.6 Å². The highest BCUT2D eigenvalue weighted by atomic mass is 32.1. The number of nitrogens with zero attached hydrogens (tertiary/aromatic N) is 5. The Balaban J connectivity index is 1.38. The number of alkyl halides is 3. The number of ether oxygens (including phenoxy) is 2. The largest absolute Gasteiger partial charge is 0.496 e. The van der Waals surface area contributed by atoms with Crippen LogP contribution in [0, 0.1) is 5.92 Å². The number of carboxylic acid groups (broad SMARTS) is 1. The molecule has 2 aliphatic heterocycles. The molecule has 45 heavy (non-hydrogen) atoms. The van der Waals surface area contributed by atoms with Crippen LogP contribution in [0.15, 0.2) is 30.6 Å².